The van der Waals surface area contributed by atoms with Gasteiger partial charge in [0.05, 0.1) is 12.5 Å². The summed E-state index contributed by atoms with van der Waals surface area (Å²) in [5.74, 6) is -0.0375. The van der Waals surface area contributed by atoms with Crippen LogP contribution in [0.3, 0.4) is 0 Å². The summed E-state index contributed by atoms with van der Waals surface area (Å²) in [6.07, 6.45) is 6.66. The van der Waals surface area contributed by atoms with Crippen LogP contribution in [0.2, 0.25) is 0 Å². The van der Waals surface area contributed by atoms with Gasteiger partial charge in [-0.1, -0.05) is 29.0 Å². The Morgan fingerprint density at radius 1 is 1.53 bits per heavy atom. The molecule has 0 atom stereocenters. The first kappa shape index (κ1) is 12.5. The van der Waals surface area contributed by atoms with Crippen LogP contribution in [-0.2, 0) is 7.05 Å². The molecule has 1 aromatic heterocycles. The fourth-order valence-electron chi connectivity index (χ4n) is 1.26. The Morgan fingerprint density at radius 3 is 2.93 bits per heavy atom. The van der Waals surface area contributed by atoms with Crippen molar-refractivity contribution in [1.29, 1.82) is 0 Å². The molecule has 0 saturated carbocycles. The molecule has 4 nitrogen and oxygen atoms in total. The molecule has 0 unspecified atom stereocenters. The van der Waals surface area contributed by atoms with Gasteiger partial charge in [-0.3, -0.25) is 4.79 Å². The second-order valence-electron chi connectivity index (χ2n) is 3.40. The number of nitrogens with zero attached hydrogens (tertiary/aromatic N) is 2. The van der Waals surface area contributed by atoms with Gasteiger partial charge in [-0.05, 0) is 17.3 Å². The molecule has 5 heteroatoms. The molecule has 0 spiro atoms. The number of hydrogen-bond acceptors (Lipinski definition) is 2. The van der Waals surface area contributed by atoms with Crippen molar-refractivity contribution in [1.82, 2.24) is 14.9 Å². The van der Waals surface area contributed by atoms with Crippen LogP contribution in [0.4, 0.5) is 0 Å². The number of imidazole rings is 1. The Balaban J connectivity index is 2.22. The molecule has 0 bridgehead atoms. The lowest BCUT2D eigenvalue weighted by Gasteiger charge is -2.04. The zero-order chi connectivity index (χ0) is 11.1. The Labute approximate surface area is 104 Å². The van der Waals surface area contributed by atoms with E-state index in [0.29, 0.717) is 5.69 Å². The molecule has 1 aromatic rings. The zero-order valence-electron chi connectivity index (χ0n) is 8.87. The fourth-order valence-corrected chi connectivity index (χ4v) is 1.80. The average Bonchev–Trinajstić information content (AvgIpc) is 2.64. The zero-order valence-corrected chi connectivity index (χ0v) is 11.0. The van der Waals surface area contributed by atoms with Crippen LogP contribution in [0.25, 0.3) is 0 Å². The first-order valence-electron chi connectivity index (χ1n) is 5.06. The third-order valence-electron chi connectivity index (χ3n) is 2.15. The topological polar surface area (TPSA) is 46.9 Å². The van der Waals surface area contributed by atoms with E-state index in [0.717, 1.165) is 13.0 Å². The molecule has 1 rings (SSSR count). The van der Waals surface area contributed by atoms with Crippen molar-refractivity contribution >= 4 is 28.5 Å². The van der Waals surface area contributed by atoms with Gasteiger partial charge in [0.15, 0.2) is 0 Å². The average molecular weight is 321 g/mol. The summed E-state index contributed by atoms with van der Waals surface area (Å²) in [7, 11) is 1.82. The van der Waals surface area contributed by atoms with E-state index in [4.69, 9.17) is 0 Å². The first-order valence-corrected chi connectivity index (χ1v) is 6.58. The Hall–Kier alpha value is -0.590. The Bertz CT molecular complexity index is 311. The van der Waals surface area contributed by atoms with Crippen molar-refractivity contribution < 1.29 is 4.79 Å². The van der Waals surface area contributed by atoms with Crippen LogP contribution >= 0.6 is 22.6 Å². The number of aryl methyl sites for hydroxylation is 1. The smallest absolute Gasteiger partial charge is 0.269 e. The van der Waals surface area contributed by atoms with E-state index in [2.05, 4.69) is 32.9 Å². The maximum atomic E-state index is 11.6. The minimum atomic E-state index is -0.0375. The van der Waals surface area contributed by atoms with Gasteiger partial charge >= 0.3 is 0 Å². The second-order valence-corrected chi connectivity index (χ2v) is 4.47. The lowest BCUT2D eigenvalue weighted by molar-refractivity contribution is 0.0945. The van der Waals surface area contributed by atoms with E-state index in [1.165, 1.54) is 17.3 Å². The van der Waals surface area contributed by atoms with Crippen LogP contribution in [-0.4, -0.2) is 26.4 Å². The van der Waals surface area contributed by atoms with Crippen molar-refractivity contribution in [3.05, 3.63) is 18.2 Å². The summed E-state index contributed by atoms with van der Waals surface area (Å²) in [5.41, 5.74) is 0.615. The summed E-state index contributed by atoms with van der Waals surface area (Å²) in [6, 6.07) is 0. The molecule has 0 radical (unpaired) electrons. The van der Waals surface area contributed by atoms with Crippen molar-refractivity contribution in [2.75, 3.05) is 11.0 Å². The van der Waals surface area contributed by atoms with Crippen LogP contribution < -0.4 is 5.32 Å². The SMILES string of the molecule is Cn1cncc1C(=O)NCCCCCI. The maximum Gasteiger partial charge on any atom is 0.269 e. The summed E-state index contributed by atoms with van der Waals surface area (Å²) in [5, 5.41) is 2.88. The van der Waals surface area contributed by atoms with Gasteiger partial charge < -0.3 is 9.88 Å². The molecule has 1 heterocycles. The summed E-state index contributed by atoms with van der Waals surface area (Å²) >= 11 is 2.37. The summed E-state index contributed by atoms with van der Waals surface area (Å²) in [6.45, 7) is 0.751. The number of rotatable bonds is 6. The number of nitrogens with one attached hydrogen (secondary N) is 1. The number of unbranched alkanes of at least 4 members (excludes halogenated alkanes) is 2. The highest BCUT2D eigenvalue weighted by atomic mass is 127. The van der Waals surface area contributed by atoms with E-state index in [-0.39, 0.29) is 5.91 Å². The van der Waals surface area contributed by atoms with Crippen LogP contribution in [0.5, 0.6) is 0 Å². The highest BCUT2D eigenvalue weighted by Gasteiger charge is 2.07. The molecule has 0 aliphatic carbocycles. The minimum Gasteiger partial charge on any atom is -0.351 e. The van der Waals surface area contributed by atoms with Crippen molar-refractivity contribution in [3.63, 3.8) is 0 Å². The van der Waals surface area contributed by atoms with Crippen molar-refractivity contribution in [2.45, 2.75) is 19.3 Å². The van der Waals surface area contributed by atoms with Crippen LogP contribution in [0.15, 0.2) is 12.5 Å². The molecular weight excluding hydrogens is 305 g/mol. The van der Waals surface area contributed by atoms with E-state index >= 15 is 0 Å². The van der Waals surface area contributed by atoms with Gasteiger partial charge in [0.25, 0.3) is 5.91 Å². The number of carbonyl (C=O) groups excluding carboxylic acids is 1. The van der Waals surface area contributed by atoms with Gasteiger partial charge in [-0.15, -0.1) is 0 Å². The van der Waals surface area contributed by atoms with Gasteiger partial charge in [-0.25, -0.2) is 4.98 Å². The van der Waals surface area contributed by atoms with Gasteiger partial charge in [0, 0.05) is 13.6 Å². The molecular formula is C10H16IN3O. The highest BCUT2D eigenvalue weighted by Crippen LogP contribution is 1.99. The van der Waals surface area contributed by atoms with Gasteiger partial charge in [0.1, 0.15) is 5.69 Å². The summed E-state index contributed by atoms with van der Waals surface area (Å²) in [4.78, 5) is 15.5. The van der Waals surface area contributed by atoms with Gasteiger partial charge in [0.2, 0.25) is 0 Å². The molecule has 15 heavy (non-hydrogen) atoms. The standard InChI is InChI=1S/C10H16IN3O/c1-14-8-12-7-9(14)10(15)13-6-4-2-3-5-11/h7-8H,2-6H2,1H3,(H,13,15). The van der Waals surface area contributed by atoms with E-state index in [1.807, 2.05) is 7.05 Å². The quantitative estimate of drug-likeness (QED) is 0.493. The van der Waals surface area contributed by atoms with E-state index in [9.17, 15) is 4.79 Å². The molecule has 1 N–H and O–H groups in total. The van der Waals surface area contributed by atoms with Crippen LogP contribution in [0, 0.1) is 0 Å². The largest absolute Gasteiger partial charge is 0.351 e. The molecule has 0 aliphatic heterocycles. The van der Waals surface area contributed by atoms with Gasteiger partial charge in [-0.2, -0.15) is 0 Å². The number of halogens is 1. The molecule has 84 valence electrons. The maximum absolute atomic E-state index is 11.6. The number of hydrogen-bond donors (Lipinski definition) is 1. The molecule has 0 saturated heterocycles. The number of alkyl halides is 1. The van der Waals surface area contributed by atoms with Crippen molar-refractivity contribution in [3.8, 4) is 0 Å². The monoisotopic (exact) mass is 321 g/mol. The number of aromatic nitrogens is 2. The molecule has 1 amide bonds. The fraction of sp³-hybridized carbons (Fsp3) is 0.600. The Kier molecular flexibility index (Phi) is 5.67. The van der Waals surface area contributed by atoms with Crippen molar-refractivity contribution in [2.24, 2.45) is 7.05 Å². The van der Waals surface area contributed by atoms with E-state index < -0.39 is 0 Å². The third-order valence-corrected chi connectivity index (χ3v) is 2.91. The first-order chi connectivity index (χ1) is 7.25. The highest BCUT2D eigenvalue weighted by molar-refractivity contribution is 14.1. The predicted octanol–water partition coefficient (Wildman–Crippen LogP) is 1.76. The van der Waals surface area contributed by atoms with E-state index in [1.54, 1.807) is 17.1 Å². The number of amides is 1. The predicted molar refractivity (Wildman–Crippen MR) is 68.3 cm³/mol. The summed E-state index contributed by atoms with van der Waals surface area (Å²) < 4.78 is 2.91. The lowest BCUT2D eigenvalue weighted by Crippen LogP contribution is -2.26. The molecule has 0 aliphatic rings. The second kappa shape index (κ2) is 6.81. The number of carbonyl (C=O) groups is 1. The Morgan fingerprint density at radius 2 is 2.33 bits per heavy atom. The molecule has 0 aromatic carbocycles. The molecule has 0 fully saturated rings. The third kappa shape index (κ3) is 4.19. The normalized spacial score (nSPS) is 10.3. The van der Waals surface area contributed by atoms with Crippen LogP contribution in [0.1, 0.15) is 29.8 Å². The minimum absolute atomic E-state index is 0.0375. The lowest BCUT2D eigenvalue weighted by atomic mass is 10.2.